The average molecular weight is 268 g/mol. The van der Waals surface area contributed by atoms with Crippen molar-refractivity contribution in [3.8, 4) is 0 Å². The largest absolute Gasteiger partial charge is 0.381 e. The highest BCUT2D eigenvalue weighted by molar-refractivity contribution is 4.87. The van der Waals surface area contributed by atoms with E-state index in [-0.39, 0.29) is 0 Å². The number of piperidine rings is 1. The second kappa shape index (κ2) is 7.61. The lowest BCUT2D eigenvalue weighted by atomic mass is 9.75. The van der Waals surface area contributed by atoms with Gasteiger partial charge in [0.15, 0.2) is 0 Å². The molecular formula is C16H32N2O. The lowest BCUT2D eigenvalue weighted by Gasteiger charge is -2.41. The van der Waals surface area contributed by atoms with E-state index in [2.05, 4.69) is 24.2 Å². The fourth-order valence-electron chi connectivity index (χ4n) is 3.98. The van der Waals surface area contributed by atoms with Gasteiger partial charge in [-0.05, 0) is 63.6 Å². The number of hydrogen-bond acceptors (Lipinski definition) is 3. The zero-order valence-electron chi connectivity index (χ0n) is 12.9. The monoisotopic (exact) mass is 268 g/mol. The maximum atomic E-state index is 5.46. The Labute approximate surface area is 119 Å². The van der Waals surface area contributed by atoms with Gasteiger partial charge in [0, 0.05) is 26.3 Å². The first-order valence-corrected chi connectivity index (χ1v) is 8.21. The van der Waals surface area contributed by atoms with Crippen molar-refractivity contribution < 1.29 is 4.74 Å². The summed E-state index contributed by atoms with van der Waals surface area (Å²) in [5.41, 5.74) is 0.583. The minimum Gasteiger partial charge on any atom is -0.381 e. The third-order valence-corrected chi connectivity index (χ3v) is 4.96. The summed E-state index contributed by atoms with van der Waals surface area (Å²) >= 11 is 0. The molecule has 3 heteroatoms. The zero-order valence-corrected chi connectivity index (χ0v) is 12.9. The topological polar surface area (TPSA) is 24.5 Å². The molecule has 0 radical (unpaired) electrons. The summed E-state index contributed by atoms with van der Waals surface area (Å²) in [4.78, 5) is 2.61. The molecule has 0 aromatic rings. The second-order valence-corrected chi connectivity index (χ2v) is 6.75. The van der Waals surface area contributed by atoms with Crippen molar-refractivity contribution in [3.05, 3.63) is 0 Å². The van der Waals surface area contributed by atoms with Gasteiger partial charge in [-0.15, -0.1) is 0 Å². The summed E-state index contributed by atoms with van der Waals surface area (Å²) in [5.74, 6) is 0.860. The highest BCUT2D eigenvalue weighted by Crippen LogP contribution is 2.35. The Morgan fingerprint density at radius 1 is 1.21 bits per heavy atom. The SMILES string of the molecule is CCCC1(CN(C)CC2CCOCC2)CCNCC1. The van der Waals surface area contributed by atoms with E-state index >= 15 is 0 Å². The molecule has 0 amide bonds. The maximum absolute atomic E-state index is 5.46. The van der Waals surface area contributed by atoms with E-state index in [1.165, 1.54) is 64.7 Å². The van der Waals surface area contributed by atoms with Gasteiger partial charge >= 0.3 is 0 Å². The lowest BCUT2D eigenvalue weighted by Crippen LogP contribution is -2.45. The average Bonchev–Trinajstić information content (AvgIpc) is 2.40. The molecule has 0 bridgehead atoms. The number of nitrogens with one attached hydrogen (secondary N) is 1. The van der Waals surface area contributed by atoms with Gasteiger partial charge in [-0.25, -0.2) is 0 Å². The van der Waals surface area contributed by atoms with Crippen LogP contribution in [-0.2, 0) is 4.74 Å². The van der Waals surface area contributed by atoms with Gasteiger partial charge in [-0.2, -0.15) is 0 Å². The van der Waals surface area contributed by atoms with Crippen molar-refractivity contribution in [2.24, 2.45) is 11.3 Å². The summed E-state index contributed by atoms with van der Waals surface area (Å²) in [5, 5.41) is 3.52. The molecule has 0 unspecified atom stereocenters. The Bertz CT molecular complexity index is 240. The standard InChI is InChI=1S/C16H32N2O/c1-3-6-16(7-9-17-10-8-16)14-18(2)13-15-4-11-19-12-5-15/h15,17H,3-14H2,1-2H3. The Hall–Kier alpha value is -0.120. The summed E-state index contributed by atoms with van der Waals surface area (Å²) in [6.07, 6.45) is 7.95. The molecule has 0 aromatic heterocycles. The van der Waals surface area contributed by atoms with Crippen LogP contribution in [0, 0.1) is 11.3 Å². The fourth-order valence-corrected chi connectivity index (χ4v) is 3.98. The molecule has 0 spiro atoms. The summed E-state index contributed by atoms with van der Waals surface area (Å²) < 4.78 is 5.46. The molecule has 0 aromatic carbocycles. The maximum Gasteiger partial charge on any atom is 0.0469 e. The second-order valence-electron chi connectivity index (χ2n) is 6.75. The van der Waals surface area contributed by atoms with Crippen LogP contribution in [0.3, 0.4) is 0 Å². The van der Waals surface area contributed by atoms with E-state index < -0.39 is 0 Å². The van der Waals surface area contributed by atoms with Crippen LogP contribution in [0.4, 0.5) is 0 Å². The minimum absolute atomic E-state index is 0.583. The molecule has 112 valence electrons. The van der Waals surface area contributed by atoms with E-state index in [1.54, 1.807) is 0 Å². The summed E-state index contributed by atoms with van der Waals surface area (Å²) in [6, 6.07) is 0. The highest BCUT2D eigenvalue weighted by atomic mass is 16.5. The van der Waals surface area contributed by atoms with Crippen molar-refractivity contribution in [1.29, 1.82) is 0 Å². The van der Waals surface area contributed by atoms with Crippen molar-refractivity contribution in [1.82, 2.24) is 10.2 Å². The van der Waals surface area contributed by atoms with Gasteiger partial charge in [0.05, 0.1) is 0 Å². The molecule has 2 saturated heterocycles. The number of hydrogen-bond donors (Lipinski definition) is 1. The smallest absolute Gasteiger partial charge is 0.0469 e. The number of nitrogens with zero attached hydrogens (tertiary/aromatic N) is 1. The van der Waals surface area contributed by atoms with Crippen LogP contribution in [-0.4, -0.2) is 51.3 Å². The molecule has 2 rings (SSSR count). The molecule has 19 heavy (non-hydrogen) atoms. The number of rotatable bonds is 6. The van der Waals surface area contributed by atoms with Crippen LogP contribution < -0.4 is 5.32 Å². The Morgan fingerprint density at radius 2 is 1.89 bits per heavy atom. The predicted octanol–water partition coefficient (Wildman–Crippen LogP) is 2.51. The molecule has 1 N–H and O–H groups in total. The molecule has 2 aliphatic heterocycles. The van der Waals surface area contributed by atoms with Crippen molar-refractivity contribution >= 4 is 0 Å². The Kier molecular flexibility index (Phi) is 6.11. The Balaban J connectivity index is 1.81. The van der Waals surface area contributed by atoms with E-state index in [1.807, 2.05) is 0 Å². The molecule has 0 saturated carbocycles. The first kappa shape index (κ1) is 15.3. The van der Waals surface area contributed by atoms with Gasteiger partial charge in [0.1, 0.15) is 0 Å². The summed E-state index contributed by atoms with van der Waals surface area (Å²) in [7, 11) is 2.33. The highest BCUT2D eigenvalue weighted by Gasteiger charge is 2.32. The summed E-state index contributed by atoms with van der Waals surface area (Å²) in [6.45, 7) is 9.27. The van der Waals surface area contributed by atoms with Crippen LogP contribution in [0.2, 0.25) is 0 Å². The normalized spacial score (nSPS) is 24.8. The van der Waals surface area contributed by atoms with Crippen molar-refractivity contribution in [2.75, 3.05) is 46.4 Å². The van der Waals surface area contributed by atoms with E-state index in [9.17, 15) is 0 Å². The molecular weight excluding hydrogens is 236 g/mol. The fraction of sp³-hybridized carbons (Fsp3) is 1.00. The van der Waals surface area contributed by atoms with Gasteiger partial charge < -0.3 is 15.0 Å². The first-order valence-electron chi connectivity index (χ1n) is 8.21. The van der Waals surface area contributed by atoms with E-state index in [0.29, 0.717) is 5.41 Å². The third kappa shape index (κ3) is 4.73. The van der Waals surface area contributed by atoms with Crippen molar-refractivity contribution in [2.45, 2.75) is 45.4 Å². The minimum atomic E-state index is 0.583. The van der Waals surface area contributed by atoms with E-state index in [0.717, 1.165) is 19.1 Å². The van der Waals surface area contributed by atoms with Gasteiger partial charge in [0.2, 0.25) is 0 Å². The molecule has 2 aliphatic rings. The first-order chi connectivity index (χ1) is 9.24. The van der Waals surface area contributed by atoms with Crippen LogP contribution in [0.1, 0.15) is 45.4 Å². The van der Waals surface area contributed by atoms with Gasteiger partial charge in [-0.3, -0.25) is 0 Å². The van der Waals surface area contributed by atoms with Crippen molar-refractivity contribution in [3.63, 3.8) is 0 Å². The molecule has 0 atom stereocenters. The van der Waals surface area contributed by atoms with Gasteiger partial charge in [-0.1, -0.05) is 13.3 Å². The van der Waals surface area contributed by atoms with Gasteiger partial charge in [0.25, 0.3) is 0 Å². The quantitative estimate of drug-likeness (QED) is 0.801. The Morgan fingerprint density at radius 3 is 2.53 bits per heavy atom. The molecule has 2 heterocycles. The third-order valence-electron chi connectivity index (χ3n) is 4.96. The van der Waals surface area contributed by atoms with E-state index in [4.69, 9.17) is 4.74 Å². The zero-order chi connectivity index (χ0) is 13.6. The predicted molar refractivity (Wildman–Crippen MR) is 80.5 cm³/mol. The number of ether oxygens (including phenoxy) is 1. The van der Waals surface area contributed by atoms with Crippen LogP contribution in [0.5, 0.6) is 0 Å². The van der Waals surface area contributed by atoms with Crippen LogP contribution >= 0.6 is 0 Å². The molecule has 0 aliphatic carbocycles. The molecule has 3 nitrogen and oxygen atoms in total. The lowest BCUT2D eigenvalue weighted by molar-refractivity contribution is 0.0442. The molecule has 2 fully saturated rings. The van der Waals surface area contributed by atoms with Crippen LogP contribution in [0.25, 0.3) is 0 Å². The van der Waals surface area contributed by atoms with Crippen LogP contribution in [0.15, 0.2) is 0 Å².